The minimum Gasteiger partial charge on any atom is -0.413 e. The van der Waals surface area contributed by atoms with Crippen LogP contribution in [0.15, 0.2) is 12.2 Å². The Balaban J connectivity index is 2.13. The first-order valence-corrected chi connectivity index (χ1v) is 9.14. The molecule has 1 fully saturated rings. The Bertz CT molecular complexity index is 237. The van der Waals surface area contributed by atoms with Crippen molar-refractivity contribution in [2.45, 2.75) is 57.8 Å². The van der Waals surface area contributed by atoms with Crippen molar-refractivity contribution in [1.29, 1.82) is 0 Å². The zero-order valence-corrected chi connectivity index (χ0v) is 12.4. The van der Waals surface area contributed by atoms with E-state index in [4.69, 9.17) is 9.16 Å². The van der Waals surface area contributed by atoms with Crippen molar-refractivity contribution in [2.24, 2.45) is 0 Å². The van der Waals surface area contributed by atoms with Gasteiger partial charge < -0.3 is 9.16 Å². The van der Waals surface area contributed by atoms with Gasteiger partial charge in [-0.25, -0.2) is 0 Å². The fourth-order valence-electron chi connectivity index (χ4n) is 1.18. The van der Waals surface area contributed by atoms with Crippen LogP contribution in [0.5, 0.6) is 0 Å². The van der Waals surface area contributed by atoms with Gasteiger partial charge in [-0.2, -0.15) is 0 Å². The van der Waals surface area contributed by atoms with Crippen molar-refractivity contribution in [1.82, 2.24) is 0 Å². The second-order valence-corrected chi connectivity index (χ2v) is 10.9. The van der Waals surface area contributed by atoms with Crippen LogP contribution in [-0.2, 0) is 9.16 Å². The van der Waals surface area contributed by atoms with Gasteiger partial charge in [0, 0.05) is 0 Å². The summed E-state index contributed by atoms with van der Waals surface area (Å²) in [6.45, 7) is 13.1. The molecule has 0 saturated carbocycles. The maximum Gasteiger partial charge on any atom is 0.192 e. The largest absolute Gasteiger partial charge is 0.413 e. The lowest BCUT2D eigenvalue weighted by atomic mass is 10.2. The van der Waals surface area contributed by atoms with E-state index in [0.29, 0.717) is 11.1 Å². The number of hydrogen-bond acceptors (Lipinski definition) is 2. The molecule has 0 bridgehead atoms. The van der Waals surface area contributed by atoms with Crippen LogP contribution in [0, 0.1) is 0 Å². The normalized spacial score (nSPS) is 21.7. The van der Waals surface area contributed by atoms with Crippen LogP contribution < -0.4 is 0 Å². The second-order valence-electron chi connectivity index (χ2n) is 6.08. The number of allylic oxidation sites excluding steroid dienone is 1. The van der Waals surface area contributed by atoms with Gasteiger partial charge in [-0.1, -0.05) is 32.9 Å². The molecule has 1 atom stereocenters. The molecular formula is C13H26O2Si. The summed E-state index contributed by atoms with van der Waals surface area (Å²) in [6, 6.07) is 0. The van der Waals surface area contributed by atoms with Gasteiger partial charge in [-0.15, -0.1) is 0 Å². The third kappa shape index (κ3) is 4.81. The van der Waals surface area contributed by atoms with Crippen LogP contribution in [0.25, 0.3) is 0 Å². The zero-order valence-electron chi connectivity index (χ0n) is 11.4. The Hall–Kier alpha value is -0.123. The van der Waals surface area contributed by atoms with E-state index >= 15 is 0 Å². The summed E-state index contributed by atoms with van der Waals surface area (Å²) in [6.07, 6.45) is 7.20. The topological polar surface area (TPSA) is 21.8 Å². The monoisotopic (exact) mass is 242 g/mol. The quantitative estimate of drug-likeness (QED) is 0.402. The first-order chi connectivity index (χ1) is 7.33. The molecule has 1 aliphatic rings. The molecule has 1 rings (SSSR count). The molecule has 0 aromatic carbocycles. The molecule has 1 aliphatic heterocycles. The lowest BCUT2D eigenvalue weighted by Crippen LogP contribution is -2.40. The molecule has 0 aromatic rings. The van der Waals surface area contributed by atoms with E-state index in [9.17, 15) is 0 Å². The standard InChI is InChI=1S/C13H26O2Si/c1-13(2,3)16(4,5)15-10-8-6-7-9-12-11-14-12/h6,8,12H,7,9-11H2,1-5H3/b8-6+/t12-/m1/s1. The number of ether oxygens (including phenoxy) is 1. The van der Waals surface area contributed by atoms with Crippen LogP contribution in [0.3, 0.4) is 0 Å². The van der Waals surface area contributed by atoms with Crippen LogP contribution in [-0.4, -0.2) is 27.6 Å². The van der Waals surface area contributed by atoms with E-state index in [0.717, 1.165) is 26.1 Å². The molecule has 0 unspecified atom stereocenters. The molecule has 3 heteroatoms. The molecule has 0 aromatic heterocycles. The van der Waals surface area contributed by atoms with E-state index in [2.05, 4.69) is 46.0 Å². The molecule has 0 N–H and O–H groups in total. The van der Waals surface area contributed by atoms with E-state index in [1.165, 1.54) is 0 Å². The van der Waals surface area contributed by atoms with E-state index in [1.807, 2.05) is 0 Å². The summed E-state index contributed by atoms with van der Waals surface area (Å²) < 4.78 is 11.2. The predicted octanol–water partition coefficient (Wildman–Crippen LogP) is 3.74. The molecule has 0 amide bonds. The van der Waals surface area contributed by atoms with Crippen molar-refractivity contribution in [2.75, 3.05) is 13.2 Å². The van der Waals surface area contributed by atoms with Crippen molar-refractivity contribution in [3.63, 3.8) is 0 Å². The lowest BCUT2D eigenvalue weighted by molar-refractivity contribution is 0.327. The summed E-state index contributed by atoms with van der Waals surface area (Å²) in [5.41, 5.74) is 0. The van der Waals surface area contributed by atoms with Crippen LogP contribution in [0.4, 0.5) is 0 Å². The summed E-state index contributed by atoms with van der Waals surface area (Å²) in [7, 11) is -1.55. The van der Waals surface area contributed by atoms with Crippen molar-refractivity contribution in [3.05, 3.63) is 12.2 Å². The van der Waals surface area contributed by atoms with Crippen molar-refractivity contribution in [3.8, 4) is 0 Å². The minimum atomic E-state index is -1.55. The maximum atomic E-state index is 6.04. The van der Waals surface area contributed by atoms with Gasteiger partial charge in [0.05, 0.1) is 19.3 Å². The highest BCUT2D eigenvalue weighted by Crippen LogP contribution is 2.36. The SMILES string of the molecule is CC(C)(C)[Si](C)(C)OC/C=C/CC[C@@H]1CO1. The number of epoxide rings is 1. The fourth-order valence-corrected chi connectivity index (χ4v) is 2.12. The van der Waals surface area contributed by atoms with Gasteiger partial charge in [0.1, 0.15) is 0 Å². The molecule has 94 valence electrons. The van der Waals surface area contributed by atoms with Crippen LogP contribution in [0.1, 0.15) is 33.6 Å². The minimum absolute atomic E-state index is 0.308. The molecule has 0 radical (unpaired) electrons. The second kappa shape index (κ2) is 5.47. The first-order valence-electron chi connectivity index (χ1n) is 6.23. The molecule has 0 aliphatic carbocycles. The first kappa shape index (κ1) is 13.9. The van der Waals surface area contributed by atoms with Gasteiger partial charge in [0.2, 0.25) is 0 Å². The highest BCUT2D eigenvalue weighted by Gasteiger charge is 2.36. The maximum absolute atomic E-state index is 6.04. The highest BCUT2D eigenvalue weighted by molar-refractivity contribution is 6.74. The fraction of sp³-hybridized carbons (Fsp3) is 0.846. The predicted molar refractivity (Wildman–Crippen MR) is 71.3 cm³/mol. The highest BCUT2D eigenvalue weighted by atomic mass is 28.4. The smallest absolute Gasteiger partial charge is 0.192 e. The summed E-state index contributed by atoms with van der Waals surface area (Å²) in [4.78, 5) is 0. The molecule has 0 spiro atoms. The molecule has 2 nitrogen and oxygen atoms in total. The average molecular weight is 242 g/mol. The van der Waals surface area contributed by atoms with Crippen LogP contribution in [0.2, 0.25) is 18.1 Å². The Kier molecular flexibility index (Phi) is 4.77. The van der Waals surface area contributed by atoms with E-state index < -0.39 is 8.32 Å². The lowest BCUT2D eigenvalue weighted by Gasteiger charge is -2.35. The Morgan fingerprint density at radius 2 is 1.94 bits per heavy atom. The molecule has 1 saturated heterocycles. The van der Waals surface area contributed by atoms with Gasteiger partial charge in [0.25, 0.3) is 0 Å². The molecular weight excluding hydrogens is 216 g/mol. The van der Waals surface area contributed by atoms with Gasteiger partial charge in [0.15, 0.2) is 8.32 Å². The van der Waals surface area contributed by atoms with Crippen molar-refractivity contribution < 1.29 is 9.16 Å². The van der Waals surface area contributed by atoms with Gasteiger partial charge in [-0.05, 0) is 31.0 Å². The Labute approximate surface area is 101 Å². The third-order valence-electron chi connectivity index (χ3n) is 3.57. The van der Waals surface area contributed by atoms with E-state index in [-0.39, 0.29) is 0 Å². The average Bonchev–Trinajstić information content (AvgIpc) is 2.92. The van der Waals surface area contributed by atoms with Gasteiger partial charge >= 0.3 is 0 Å². The summed E-state index contributed by atoms with van der Waals surface area (Å²) in [5.74, 6) is 0. The third-order valence-corrected chi connectivity index (χ3v) is 8.07. The molecule has 1 heterocycles. The zero-order chi connectivity index (χ0) is 12.2. The Morgan fingerprint density at radius 3 is 2.44 bits per heavy atom. The van der Waals surface area contributed by atoms with Gasteiger partial charge in [-0.3, -0.25) is 0 Å². The Morgan fingerprint density at radius 1 is 1.31 bits per heavy atom. The molecule has 16 heavy (non-hydrogen) atoms. The van der Waals surface area contributed by atoms with Crippen molar-refractivity contribution >= 4 is 8.32 Å². The van der Waals surface area contributed by atoms with Crippen LogP contribution >= 0.6 is 0 Å². The van der Waals surface area contributed by atoms with E-state index in [1.54, 1.807) is 0 Å². The summed E-state index contributed by atoms with van der Waals surface area (Å²) in [5, 5.41) is 0.308. The summed E-state index contributed by atoms with van der Waals surface area (Å²) >= 11 is 0. The number of rotatable bonds is 6. The number of hydrogen-bond donors (Lipinski definition) is 0.